The van der Waals surface area contributed by atoms with Gasteiger partial charge in [-0.2, -0.15) is 0 Å². The molecule has 2 aromatic heterocycles. The van der Waals surface area contributed by atoms with Crippen LogP contribution in [0.3, 0.4) is 0 Å². The van der Waals surface area contributed by atoms with E-state index >= 15 is 0 Å². The summed E-state index contributed by atoms with van der Waals surface area (Å²) in [7, 11) is 1.56. The fraction of sp³-hybridized carbons (Fsp3) is 0.172. The van der Waals surface area contributed by atoms with Crippen LogP contribution in [-0.2, 0) is 9.53 Å². The van der Waals surface area contributed by atoms with Crippen molar-refractivity contribution in [1.82, 2.24) is 4.57 Å². The van der Waals surface area contributed by atoms with Crippen molar-refractivity contribution in [2.75, 3.05) is 13.7 Å². The number of halogens is 1. The molecule has 1 N–H and O–H groups in total. The minimum atomic E-state index is -1.15. The number of carboxylic acid groups (broad SMARTS) is 1. The fourth-order valence-corrected chi connectivity index (χ4v) is 5.68. The summed E-state index contributed by atoms with van der Waals surface area (Å²) in [6, 6.07) is 14.3. The molecule has 1 unspecified atom stereocenters. The molecule has 0 fully saturated rings. The Morgan fingerprint density at radius 2 is 1.93 bits per heavy atom. The summed E-state index contributed by atoms with van der Waals surface area (Å²) >= 11 is 7.16. The number of fused-ring (bicyclic) bond motifs is 1. The van der Waals surface area contributed by atoms with Gasteiger partial charge in [0.1, 0.15) is 17.3 Å². The largest absolute Gasteiger partial charge is 0.497 e. The molecular weight excluding hydrogens is 556 g/mol. The SMILES string of the molecule is CCOC(=O)C1=C(C)N=c2s/c(=C\c3ccc(-c4ccc(Cl)c(C(=O)O)c4)o3)c(=O)n2C1c1ccc(OC)cc1. The number of benzene rings is 2. The van der Waals surface area contributed by atoms with E-state index in [4.69, 9.17) is 25.5 Å². The monoisotopic (exact) mass is 578 g/mol. The topological polar surface area (TPSA) is 120 Å². The summed E-state index contributed by atoms with van der Waals surface area (Å²) in [5, 5.41) is 9.49. The second-order valence-electron chi connectivity index (χ2n) is 8.78. The molecule has 0 aliphatic carbocycles. The van der Waals surface area contributed by atoms with Crippen LogP contribution in [0.15, 0.2) is 80.1 Å². The van der Waals surface area contributed by atoms with Crippen molar-refractivity contribution in [3.05, 3.63) is 107 Å². The number of allylic oxidation sites excluding steroid dienone is 1. The van der Waals surface area contributed by atoms with Gasteiger partial charge in [0.25, 0.3) is 5.56 Å². The number of furan rings is 1. The maximum atomic E-state index is 13.8. The number of carbonyl (C=O) groups excluding carboxylic acids is 1. The van der Waals surface area contributed by atoms with Gasteiger partial charge in [0.05, 0.1) is 46.1 Å². The summed E-state index contributed by atoms with van der Waals surface area (Å²) in [6.07, 6.45) is 1.59. The highest BCUT2D eigenvalue weighted by Gasteiger charge is 2.33. The third-order valence-electron chi connectivity index (χ3n) is 6.33. The van der Waals surface area contributed by atoms with Crippen molar-refractivity contribution in [2.24, 2.45) is 4.99 Å². The van der Waals surface area contributed by atoms with Crippen molar-refractivity contribution in [2.45, 2.75) is 19.9 Å². The van der Waals surface area contributed by atoms with E-state index in [9.17, 15) is 19.5 Å². The molecule has 4 aromatic rings. The van der Waals surface area contributed by atoms with Crippen LogP contribution in [0, 0.1) is 0 Å². The number of rotatable bonds is 7. The molecule has 1 aliphatic heterocycles. The van der Waals surface area contributed by atoms with Crippen LogP contribution in [-0.4, -0.2) is 35.3 Å². The van der Waals surface area contributed by atoms with Gasteiger partial charge in [-0.15, -0.1) is 0 Å². The maximum absolute atomic E-state index is 13.8. The minimum Gasteiger partial charge on any atom is -0.497 e. The summed E-state index contributed by atoms with van der Waals surface area (Å²) in [5.74, 6) is -0.259. The van der Waals surface area contributed by atoms with Gasteiger partial charge < -0.3 is 19.0 Å². The smallest absolute Gasteiger partial charge is 0.338 e. The zero-order valence-corrected chi connectivity index (χ0v) is 23.2. The average Bonchev–Trinajstić information content (AvgIpc) is 3.52. The molecule has 0 spiro atoms. The van der Waals surface area contributed by atoms with Gasteiger partial charge in [-0.3, -0.25) is 9.36 Å². The number of methoxy groups -OCH3 is 1. The Morgan fingerprint density at radius 1 is 1.18 bits per heavy atom. The number of aromatic nitrogens is 1. The second kappa shape index (κ2) is 11.0. The molecule has 1 atom stereocenters. The van der Waals surface area contributed by atoms with Crippen LogP contribution >= 0.6 is 22.9 Å². The number of thiazole rings is 1. The molecule has 3 heterocycles. The van der Waals surface area contributed by atoms with E-state index in [1.165, 1.54) is 28.0 Å². The zero-order chi connectivity index (χ0) is 28.6. The molecule has 5 rings (SSSR count). The van der Waals surface area contributed by atoms with Gasteiger partial charge in [-0.25, -0.2) is 14.6 Å². The van der Waals surface area contributed by atoms with E-state index in [1.54, 1.807) is 69.5 Å². The van der Waals surface area contributed by atoms with Gasteiger partial charge in [-0.05, 0) is 61.9 Å². The quantitative estimate of drug-likeness (QED) is 0.322. The Balaban J connectivity index is 1.61. The maximum Gasteiger partial charge on any atom is 0.338 e. The first kappa shape index (κ1) is 27.2. The van der Waals surface area contributed by atoms with E-state index in [2.05, 4.69) is 4.99 Å². The van der Waals surface area contributed by atoms with Gasteiger partial charge in [-0.1, -0.05) is 35.1 Å². The van der Waals surface area contributed by atoms with Crippen LogP contribution in [0.4, 0.5) is 0 Å². The molecular formula is C29H23ClN2O7S. The lowest BCUT2D eigenvalue weighted by Gasteiger charge is -2.24. The van der Waals surface area contributed by atoms with E-state index in [1.807, 2.05) is 0 Å². The normalized spacial score (nSPS) is 15.0. The highest BCUT2D eigenvalue weighted by atomic mass is 35.5. The van der Waals surface area contributed by atoms with E-state index in [0.29, 0.717) is 43.4 Å². The van der Waals surface area contributed by atoms with Crippen LogP contribution in [0.5, 0.6) is 5.75 Å². The zero-order valence-electron chi connectivity index (χ0n) is 21.6. The first-order valence-corrected chi connectivity index (χ1v) is 13.4. The lowest BCUT2D eigenvalue weighted by molar-refractivity contribution is -0.139. The molecule has 40 heavy (non-hydrogen) atoms. The molecule has 11 heteroatoms. The number of hydrogen-bond acceptors (Lipinski definition) is 8. The summed E-state index contributed by atoms with van der Waals surface area (Å²) in [6.45, 7) is 3.61. The third-order valence-corrected chi connectivity index (χ3v) is 7.64. The number of aromatic carboxylic acids is 1. The van der Waals surface area contributed by atoms with Crippen molar-refractivity contribution >= 4 is 41.0 Å². The Morgan fingerprint density at radius 3 is 2.60 bits per heavy atom. The number of hydrogen-bond donors (Lipinski definition) is 1. The standard InChI is InChI=1S/C29H23ClN2O7S/c1-4-38-28(36)24-15(2)31-29-32(25(24)16-5-8-18(37-3)9-6-16)26(33)23(40-29)14-19-10-12-22(39-19)17-7-11-21(30)20(13-17)27(34)35/h5-14,25H,4H2,1-3H3,(H,34,35)/b23-14-. The molecule has 9 nitrogen and oxygen atoms in total. The van der Waals surface area contributed by atoms with Crippen LogP contribution in [0.1, 0.15) is 41.6 Å². The Kier molecular flexibility index (Phi) is 7.46. The van der Waals surface area contributed by atoms with Crippen molar-refractivity contribution in [1.29, 1.82) is 0 Å². The number of esters is 1. The molecule has 2 aromatic carbocycles. The van der Waals surface area contributed by atoms with Gasteiger partial charge in [0.15, 0.2) is 4.80 Å². The van der Waals surface area contributed by atoms with Crippen molar-refractivity contribution in [3.8, 4) is 17.1 Å². The van der Waals surface area contributed by atoms with Crippen LogP contribution in [0.2, 0.25) is 5.02 Å². The molecule has 0 radical (unpaired) electrons. The predicted molar refractivity (Wildman–Crippen MR) is 150 cm³/mol. The summed E-state index contributed by atoms with van der Waals surface area (Å²) in [4.78, 5) is 43.2. The minimum absolute atomic E-state index is 0.0447. The summed E-state index contributed by atoms with van der Waals surface area (Å²) < 4.78 is 18.3. The first-order valence-electron chi connectivity index (χ1n) is 12.2. The number of carboxylic acids is 1. The summed E-state index contributed by atoms with van der Waals surface area (Å²) in [5.41, 5.74) is 1.57. The van der Waals surface area contributed by atoms with Gasteiger partial charge in [0, 0.05) is 11.6 Å². The van der Waals surface area contributed by atoms with Crippen LogP contribution < -0.4 is 19.6 Å². The van der Waals surface area contributed by atoms with Crippen molar-refractivity contribution in [3.63, 3.8) is 0 Å². The molecule has 1 aliphatic rings. The van der Waals surface area contributed by atoms with Gasteiger partial charge in [0.2, 0.25) is 0 Å². The Labute approximate surface area is 236 Å². The Bertz CT molecular complexity index is 1850. The molecule has 0 saturated carbocycles. The number of carbonyl (C=O) groups is 2. The molecule has 0 amide bonds. The van der Waals surface area contributed by atoms with Crippen LogP contribution in [0.25, 0.3) is 17.4 Å². The lowest BCUT2D eigenvalue weighted by Crippen LogP contribution is -2.39. The van der Waals surface area contributed by atoms with E-state index < -0.39 is 18.0 Å². The lowest BCUT2D eigenvalue weighted by atomic mass is 9.96. The first-order chi connectivity index (χ1) is 19.2. The third kappa shape index (κ3) is 4.99. The van der Waals surface area contributed by atoms with Crippen molar-refractivity contribution < 1.29 is 28.6 Å². The van der Waals surface area contributed by atoms with Gasteiger partial charge >= 0.3 is 11.9 Å². The highest BCUT2D eigenvalue weighted by molar-refractivity contribution is 7.07. The average molecular weight is 579 g/mol. The second-order valence-corrected chi connectivity index (χ2v) is 10.2. The van der Waals surface area contributed by atoms with E-state index in [-0.39, 0.29) is 28.3 Å². The Hall–Kier alpha value is -4.41. The fourth-order valence-electron chi connectivity index (χ4n) is 4.45. The molecule has 204 valence electrons. The number of nitrogens with zero attached hydrogens (tertiary/aromatic N) is 2. The predicted octanol–water partition coefficient (Wildman–Crippen LogP) is 4.42. The van der Waals surface area contributed by atoms with E-state index in [0.717, 1.165) is 0 Å². The molecule has 0 saturated heterocycles. The number of ether oxygens (including phenoxy) is 2. The highest BCUT2D eigenvalue weighted by Crippen LogP contribution is 2.32. The molecule has 0 bridgehead atoms.